The SMILES string of the molecule is NC(c1ccc(C(F)(F)F)cc1)c1ccc(F)cc1I. The second kappa shape index (κ2) is 5.69. The van der Waals surface area contributed by atoms with Gasteiger partial charge >= 0.3 is 6.18 Å². The van der Waals surface area contributed by atoms with E-state index in [4.69, 9.17) is 5.73 Å². The van der Waals surface area contributed by atoms with E-state index < -0.39 is 17.8 Å². The van der Waals surface area contributed by atoms with E-state index in [0.717, 1.165) is 12.1 Å². The molecule has 0 heterocycles. The molecule has 0 radical (unpaired) electrons. The van der Waals surface area contributed by atoms with Crippen LogP contribution in [0.15, 0.2) is 42.5 Å². The van der Waals surface area contributed by atoms with Crippen molar-refractivity contribution in [3.63, 3.8) is 0 Å². The molecule has 0 amide bonds. The Morgan fingerprint density at radius 2 is 1.60 bits per heavy atom. The molecule has 0 aliphatic carbocycles. The topological polar surface area (TPSA) is 26.0 Å². The van der Waals surface area contributed by atoms with E-state index in [-0.39, 0.29) is 5.82 Å². The lowest BCUT2D eigenvalue weighted by atomic mass is 9.98. The molecule has 0 fully saturated rings. The molecule has 0 aromatic heterocycles. The van der Waals surface area contributed by atoms with Crippen LogP contribution in [-0.2, 0) is 6.18 Å². The second-order valence-corrected chi connectivity index (χ2v) is 5.43. The zero-order valence-electron chi connectivity index (χ0n) is 10.1. The van der Waals surface area contributed by atoms with Crippen molar-refractivity contribution in [3.8, 4) is 0 Å². The van der Waals surface area contributed by atoms with Crippen molar-refractivity contribution in [2.45, 2.75) is 12.2 Å². The van der Waals surface area contributed by atoms with Crippen molar-refractivity contribution in [1.82, 2.24) is 0 Å². The molecule has 0 saturated carbocycles. The minimum atomic E-state index is -4.37. The summed E-state index contributed by atoms with van der Waals surface area (Å²) in [7, 11) is 0. The summed E-state index contributed by atoms with van der Waals surface area (Å²) in [4.78, 5) is 0. The number of alkyl halides is 3. The highest BCUT2D eigenvalue weighted by molar-refractivity contribution is 14.1. The van der Waals surface area contributed by atoms with Gasteiger partial charge < -0.3 is 5.73 Å². The molecule has 106 valence electrons. The van der Waals surface area contributed by atoms with Gasteiger partial charge in [0.15, 0.2) is 0 Å². The Morgan fingerprint density at radius 3 is 2.10 bits per heavy atom. The first-order valence-electron chi connectivity index (χ1n) is 5.66. The number of nitrogens with two attached hydrogens (primary N) is 1. The van der Waals surface area contributed by atoms with Gasteiger partial charge in [-0.25, -0.2) is 4.39 Å². The van der Waals surface area contributed by atoms with Gasteiger partial charge in [-0.2, -0.15) is 13.2 Å². The minimum Gasteiger partial charge on any atom is -0.320 e. The van der Waals surface area contributed by atoms with Crippen LogP contribution >= 0.6 is 22.6 Å². The maximum Gasteiger partial charge on any atom is 0.416 e. The fraction of sp³-hybridized carbons (Fsp3) is 0.143. The summed E-state index contributed by atoms with van der Waals surface area (Å²) in [6, 6.07) is 8.22. The van der Waals surface area contributed by atoms with Gasteiger partial charge in [0, 0.05) is 3.57 Å². The van der Waals surface area contributed by atoms with Crippen LogP contribution in [0, 0.1) is 9.39 Å². The number of hydrogen-bond acceptors (Lipinski definition) is 1. The maximum atomic E-state index is 13.0. The average Bonchev–Trinajstić information content (AvgIpc) is 2.37. The predicted octanol–water partition coefficient (Wildman–Crippen LogP) is 4.50. The molecule has 0 bridgehead atoms. The molecule has 1 atom stereocenters. The van der Waals surface area contributed by atoms with Crippen LogP contribution < -0.4 is 5.73 Å². The molecule has 6 heteroatoms. The fourth-order valence-electron chi connectivity index (χ4n) is 1.81. The molecule has 20 heavy (non-hydrogen) atoms. The Morgan fingerprint density at radius 1 is 1.00 bits per heavy atom. The zero-order chi connectivity index (χ0) is 14.9. The van der Waals surface area contributed by atoms with E-state index in [1.165, 1.54) is 24.3 Å². The van der Waals surface area contributed by atoms with Gasteiger partial charge in [0.1, 0.15) is 5.82 Å². The van der Waals surface area contributed by atoms with Crippen LogP contribution in [0.1, 0.15) is 22.7 Å². The quantitative estimate of drug-likeness (QED) is 0.589. The number of halogens is 5. The molecule has 1 unspecified atom stereocenters. The number of rotatable bonds is 2. The summed E-state index contributed by atoms with van der Waals surface area (Å²) in [6.07, 6.45) is -4.37. The molecule has 2 aromatic carbocycles. The Kier molecular flexibility index (Phi) is 4.33. The molecule has 2 aromatic rings. The molecular weight excluding hydrogens is 385 g/mol. The summed E-state index contributed by atoms with van der Waals surface area (Å²) in [5, 5.41) is 0. The van der Waals surface area contributed by atoms with E-state index in [0.29, 0.717) is 14.7 Å². The highest BCUT2D eigenvalue weighted by Gasteiger charge is 2.30. The summed E-state index contributed by atoms with van der Waals surface area (Å²) in [5.41, 5.74) is 6.51. The first kappa shape index (κ1) is 15.2. The van der Waals surface area contributed by atoms with Crippen LogP contribution in [0.5, 0.6) is 0 Å². The van der Waals surface area contributed by atoms with Crippen LogP contribution in [0.4, 0.5) is 17.6 Å². The lowest BCUT2D eigenvalue weighted by molar-refractivity contribution is -0.137. The normalized spacial score (nSPS) is 13.3. The van der Waals surface area contributed by atoms with Gasteiger partial charge in [0.25, 0.3) is 0 Å². The van der Waals surface area contributed by atoms with Crippen LogP contribution in [0.2, 0.25) is 0 Å². The third kappa shape index (κ3) is 3.29. The number of benzene rings is 2. The first-order valence-corrected chi connectivity index (χ1v) is 6.74. The zero-order valence-corrected chi connectivity index (χ0v) is 12.2. The first-order chi connectivity index (χ1) is 9.29. The van der Waals surface area contributed by atoms with E-state index in [2.05, 4.69) is 0 Å². The highest BCUT2D eigenvalue weighted by atomic mass is 127. The van der Waals surface area contributed by atoms with Crippen molar-refractivity contribution in [3.05, 3.63) is 68.5 Å². The third-order valence-electron chi connectivity index (χ3n) is 2.89. The van der Waals surface area contributed by atoms with Gasteiger partial charge in [0.05, 0.1) is 11.6 Å². The Bertz CT molecular complexity index is 608. The van der Waals surface area contributed by atoms with Gasteiger partial charge in [-0.3, -0.25) is 0 Å². The monoisotopic (exact) mass is 395 g/mol. The number of hydrogen-bond donors (Lipinski definition) is 1. The molecule has 0 aliphatic rings. The Balaban J connectivity index is 2.31. The second-order valence-electron chi connectivity index (χ2n) is 4.26. The van der Waals surface area contributed by atoms with Crippen LogP contribution in [0.25, 0.3) is 0 Å². The van der Waals surface area contributed by atoms with E-state index >= 15 is 0 Å². The smallest absolute Gasteiger partial charge is 0.320 e. The van der Waals surface area contributed by atoms with Gasteiger partial charge in [0.2, 0.25) is 0 Å². The summed E-state index contributed by atoms with van der Waals surface area (Å²) >= 11 is 1.95. The minimum absolute atomic E-state index is 0.377. The van der Waals surface area contributed by atoms with Crippen molar-refractivity contribution in [1.29, 1.82) is 0 Å². The third-order valence-corrected chi connectivity index (χ3v) is 3.83. The molecule has 1 nitrogen and oxygen atoms in total. The molecule has 0 saturated heterocycles. The average molecular weight is 395 g/mol. The fourth-order valence-corrected chi connectivity index (χ4v) is 2.63. The Labute approximate surface area is 126 Å². The van der Waals surface area contributed by atoms with E-state index in [9.17, 15) is 17.6 Å². The van der Waals surface area contributed by atoms with E-state index in [1.807, 2.05) is 22.6 Å². The van der Waals surface area contributed by atoms with Crippen molar-refractivity contribution in [2.24, 2.45) is 5.73 Å². The van der Waals surface area contributed by atoms with Crippen molar-refractivity contribution in [2.75, 3.05) is 0 Å². The molecular formula is C14H10F4IN. The summed E-state index contributed by atoms with van der Waals surface area (Å²) in [5.74, 6) is -0.377. The molecule has 2 rings (SSSR count). The molecule has 2 N–H and O–H groups in total. The standard InChI is InChI=1S/C14H10F4IN/c15-10-5-6-11(12(19)7-10)13(20)8-1-3-9(4-2-8)14(16,17)18/h1-7,13H,20H2. The summed E-state index contributed by atoms with van der Waals surface area (Å²) < 4.78 is 51.1. The summed E-state index contributed by atoms with van der Waals surface area (Å²) in [6.45, 7) is 0. The Hall–Kier alpha value is -1.15. The maximum absolute atomic E-state index is 13.0. The van der Waals surface area contributed by atoms with Crippen molar-refractivity contribution < 1.29 is 17.6 Å². The van der Waals surface area contributed by atoms with Crippen LogP contribution in [-0.4, -0.2) is 0 Å². The lowest BCUT2D eigenvalue weighted by Crippen LogP contribution is -2.14. The van der Waals surface area contributed by atoms with Gasteiger partial charge in [-0.1, -0.05) is 18.2 Å². The van der Waals surface area contributed by atoms with E-state index in [1.54, 1.807) is 6.07 Å². The highest BCUT2D eigenvalue weighted by Crippen LogP contribution is 2.31. The molecule has 0 aliphatic heterocycles. The van der Waals surface area contributed by atoms with Gasteiger partial charge in [-0.05, 0) is 58.0 Å². The van der Waals surface area contributed by atoms with Gasteiger partial charge in [-0.15, -0.1) is 0 Å². The van der Waals surface area contributed by atoms with Crippen molar-refractivity contribution >= 4 is 22.6 Å². The largest absolute Gasteiger partial charge is 0.416 e. The predicted molar refractivity (Wildman–Crippen MR) is 76.6 cm³/mol. The van der Waals surface area contributed by atoms with Crippen LogP contribution in [0.3, 0.4) is 0 Å². The molecule has 0 spiro atoms. The lowest BCUT2D eigenvalue weighted by Gasteiger charge is -2.15.